The molecule has 2 aromatic rings. The highest BCUT2D eigenvalue weighted by molar-refractivity contribution is 5.95. The third-order valence-corrected chi connectivity index (χ3v) is 3.61. The number of aryl methyl sites for hydroxylation is 1. The Hall–Kier alpha value is -2.11. The highest BCUT2D eigenvalue weighted by Crippen LogP contribution is 2.33. The predicted molar refractivity (Wildman–Crippen MR) is 79.1 cm³/mol. The average Bonchev–Trinajstić information content (AvgIpc) is 2.46. The topological polar surface area (TPSA) is 77.2 Å². The minimum atomic E-state index is 0.414. The Morgan fingerprint density at radius 1 is 1.15 bits per heavy atom. The maximum absolute atomic E-state index is 5.81. The number of hydrogen-bond acceptors (Lipinski definition) is 6. The molecule has 2 N–H and O–H groups in total. The molecule has 0 aromatic carbocycles. The van der Waals surface area contributed by atoms with Crippen LogP contribution in [0.3, 0.4) is 0 Å². The Bertz CT molecular complexity index is 632. The van der Waals surface area contributed by atoms with Crippen molar-refractivity contribution in [2.75, 3.05) is 30.8 Å². The molecule has 1 fully saturated rings. The van der Waals surface area contributed by atoms with E-state index in [1.54, 1.807) is 13.2 Å². The molecule has 106 valence electrons. The van der Waals surface area contributed by atoms with Gasteiger partial charge in [0.25, 0.3) is 0 Å². The maximum atomic E-state index is 5.81. The zero-order chi connectivity index (χ0) is 14.1. The summed E-state index contributed by atoms with van der Waals surface area (Å²) in [5.41, 5.74) is 6.61. The standard InChI is InChI=1S/C14H19N5O/c1-9-16-10-8-11(15)18-14(20-2)12(10)13(17-9)19-6-4-3-5-7-19/h8H,3-7H2,1-2H3,(H2,15,18). The van der Waals surface area contributed by atoms with Crippen molar-refractivity contribution in [2.24, 2.45) is 0 Å². The number of piperidine rings is 1. The molecule has 1 saturated heterocycles. The molecule has 0 bridgehead atoms. The molecule has 0 spiro atoms. The number of methoxy groups -OCH3 is 1. The van der Waals surface area contributed by atoms with Gasteiger partial charge in [0.1, 0.15) is 22.8 Å². The first kappa shape index (κ1) is 12.9. The number of fused-ring (bicyclic) bond motifs is 1. The molecule has 0 atom stereocenters. The first-order valence-electron chi connectivity index (χ1n) is 6.93. The van der Waals surface area contributed by atoms with Crippen molar-refractivity contribution in [3.05, 3.63) is 11.9 Å². The summed E-state index contributed by atoms with van der Waals surface area (Å²) in [6.07, 6.45) is 3.66. The summed E-state index contributed by atoms with van der Waals surface area (Å²) in [4.78, 5) is 15.6. The van der Waals surface area contributed by atoms with Crippen molar-refractivity contribution >= 4 is 22.5 Å². The third kappa shape index (κ3) is 2.21. The van der Waals surface area contributed by atoms with Crippen LogP contribution in [0.2, 0.25) is 0 Å². The largest absolute Gasteiger partial charge is 0.480 e. The summed E-state index contributed by atoms with van der Waals surface area (Å²) in [6, 6.07) is 1.78. The molecule has 1 aliphatic rings. The maximum Gasteiger partial charge on any atom is 0.228 e. The minimum absolute atomic E-state index is 0.414. The quantitative estimate of drug-likeness (QED) is 0.900. The van der Waals surface area contributed by atoms with E-state index in [-0.39, 0.29) is 0 Å². The Balaban J connectivity index is 2.23. The molecule has 0 unspecified atom stereocenters. The first-order chi connectivity index (χ1) is 9.69. The number of rotatable bonds is 2. The van der Waals surface area contributed by atoms with Gasteiger partial charge >= 0.3 is 0 Å². The lowest BCUT2D eigenvalue weighted by molar-refractivity contribution is 0.403. The summed E-state index contributed by atoms with van der Waals surface area (Å²) in [5, 5.41) is 0.856. The van der Waals surface area contributed by atoms with Crippen LogP contribution in [0, 0.1) is 6.92 Å². The van der Waals surface area contributed by atoms with E-state index < -0.39 is 0 Å². The number of aromatic nitrogens is 3. The Labute approximate surface area is 118 Å². The summed E-state index contributed by atoms with van der Waals surface area (Å²) in [5.74, 6) is 2.57. The molecule has 6 nitrogen and oxygen atoms in total. The lowest BCUT2D eigenvalue weighted by atomic mass is 10.1. The molecule has 0 aliphatic carbocycles. The van der Waals surface area contributed by atoms with Gasteiger partial charge in [0, 0.05) is 19.2 Å². The number of pyridine rings is 1. The predicted octanol–water partition coefficient (Wildman–Crippen LogP) is 1.91. The van der Waals surface area contributed by atoms with Crippen molar-refractivity contribution in [3.63, 3.8) is 0 Å². The van der Waals surface area contributed by atoms with Gasteiger partial charge in [0.15, 0.2) is 0 Å². The summed E-state index contributed by atoms with van der Waals surface area (Å²) < 4.78 is 5.38. The Morgan fingerprint density at radius 2 is 1.90 bits per heavy atom. The molecule has 3 rings (SSSR count). The van der Waals surface area contributed by atoms with Crippen LogP contribution < -0.4 is 15.4 Å². The SMILES string of the molecule is COc1nc(N)cc2nc(C)nc(N3CCCCC3)c12. The zero-order valence-electron chi connectivity index (χ0n) is 11.9. The second-order valence-electron chi connectivity index (χ2n) is 5.09. The minimum Gasteiger partial charge on any atom is -0.480 e. The van der Waals surface area contributed by atoms with Crippen LogP contribution in [0.15, 0.2) is 6.07 Å². The highest BCUT2D eigenvalue weighted by Gasteiger charge is 2.20. The van der Waals surface area contributed by atoms with Crippen molar-refractivity contribution in [1.82, 2.24) is 15.0 Å². The third-order valence-electron chi connectivity index (χ3n) is 3.61. The number of nitrogen functional groups attached to an aromatic ring is 1. The average molecular weight is 273 g/mol. The van der Waals surface area contributed by atoms with Gasteiger partial charge in [0.2, 0.25) is 5.88 Å². The Kier molecular flexibility index (Phi) is 3.30. The fourth-order valence-corrected chi connectivity index (χ4v) is 2.72. The van der Waals surface area contributed by atoms with E-state index in [9.17, 15) is 0 Å². The van der Waals surface area contributed by atoms with Gasteiger partial charge in [-0.05, 0) is 26.2 Å². The molecule has 2 aromatic heterocycles. The van der Waals surface area contributed by atoms with E-state index in [4.69, 9.17) is 10.5 Å². The first-order valence-corrected chi connectivity index (χ1v) is 6.93. The summed E-state index contributed by atoms with van der Waals surface area (Å²) in [7, 11) is 1.60. The fraction of sp³-hybridized carbons (Fsp3) is 0.500. The van der Waals surface area contributed by atoms with E-state index in [0.29, 0.717) is 11.7 Å². The Morgan fingerprint density at radius 3 is 2.60 bits per heavy atom. The van der Waals surface area contributed by atoms with E-state index in [2.05, 4.69) is 19.9 Å². The van der Waals surface area contributed by atoms with Crippen LogP contribution >= 0.6 is 0 Å². The summed E-state index contributed by atoms with van der Waals surface area (Å²) in [6.45, 7) is 3.92. The van der Waals surface area contributed by atoms with Crippen LogP contribution in [0.5, 0.6) is 5.88 Å². The zero-order valence-corrected chi connectivity index (χ0v) is 11.9. The van der Waals surface area contributed by atoms with Gasteiger partial charge in [0.05, 0.1) is 12.6 Å². The molecule has 0 saturated carbocycles. The van der Waals surface area contributed by atoms with Crippen LogP contribution in [-0.2, 0) is 0 Å². The van der Waals surface area contributed by atoms with Crippen LogP contribution in [0.1, 0.15) is 25.1 Å². The monoisotopic (exact) mass is 273 g/mol. The normalized spacial score (nSPS) is 15.6. The molecule has 6 heteroatoms. The van der Waals surface area contributed by atoms with E-state index >= 15 is 0 Å². The van der Waals surface area contributed by atoms with Gasteiger partial charge in [-0.3, -0.25) is 0 Å². The number of anilines is 2. The number of hydrogen-bond donors (Lipinski definition) is 1. The van der Waals surface area contributed by atoms with Crippen LogP contribution in [0.4, 0.5) is 11.6 Å². The smallest absolute Gasteiger partial charge is 0.228 e. The van der Waals surface area contributed by atoms with Crippen LogP contribution in [0.25, 0.3) is 10.9 Å². The van der Waals surface area contributed by atoms with Gasteiger partial charge in [-0.25, -0.2) is 9.97 Å². The molecule has 3 heterocycles. The summed E-state index contributed by atoms with van der Waals surface area (Å²) >= 11 is 0. The second kappa shape index (κ2) is 5.11. The molecule has 0 amide bonds. The highest BCUT2D eigenvalue weighted by atomic mass is 16.5. The van der Waals surface area contributed by atoms with Gasteiger partial charge in [-0.15, -0.1) is 0 Å². The number of nitrogens with two attached hydrogens (primary N) is 1. The van der Waals surface area contributed by atoms with E-state index in [1.807, 2.05) is 6.92 Å². The van der Waals surface area contributed by atoms with E-state index in [1.165, 1.54) is 19.3 Å². The molecule has 1 aliphatic heterocycles. The molecule has 0 radical (unpaired) electrons. The van der Waals surface area contributed by atoms with Gasteiger partial charge in [-0.1, -0.05) is 0 Å². The molecular formula is C14H19N5O. The lowest BCUT2D eigenvalue weighted by Gasteiger charge is -2.29. The molecule has 20 heavy (non-hydrogen) atoms. The fourth-order valence-electron chi connectivity index (χ4n) is 2.72. The number of ether oxygens (including phenoxy) is 1. The number of nitrogens with zero attached hydrogens (tertiary/aromatic N) is 4. The van der Waals surface area contributed by atoms with Crippen LogP contribution in [-0.4, -0.2) is 35.2 Å². The second-order valence-corrected chi connectivity index (χ2v) is 5.09. The van der Waals surface area contributed by atoms with Gasteiger partial charge in [-0.2, -0.15) is 4.98 Å². The van der Waals surface area contributed by atoms with Crippen molar-refractivity contribution < 1.29 is 4.74 Å². The van der Waals surface area contributed by atoms with Crippen molar-refractivity contribution in [2.45, 2.75) is 26.2 Å². The lowest BCUT2D eigenvalue weighted by Crippen LogP contribution is -2.30. The molecular weight excluding hydrogens is 254 g/mol. The van der Waals surface area contributed by atoms with E-state index in [0.717, 1.165) is 35.6 Å². The van der Waals surface area contributed by atoms with Crippen molar-refractivity contribution in [1.29, 1.82) is 0 Å². The van der Waals surface area contributed by atoms with Gasteiger partial charge < -0.3 is 15.4 Å². The van der Waals surface area contributed by atoms with Crippen molar-refractivity contribution in [3.8, 4) is 5.88 Å².